The zero-order valence-electron chi connectivity index (χ0n) is 14.9. The topological polar surface area (TPSA) is 71.9 Å². The van der Waals surface area contributed by atoms with Gasteiger partial charge in [0.15, 0.2) is 5.75 Å². The number of aromatic nitrogens is 1. The molecule has 2 N–H and O–H groups in total. The van der Waals surface area contributed by atoms with Crippen molar-refractivity contribution in [3.8, 4) is 11.8 Å². The summed E-state index contributed by atoms with van der Waals surface area (Å²) in [6.45, 7) is 3.72. The number of allylic oxidation sites excluding steroid dienone is 1. The smallest absolute Gasteiger partial charge is 0.416 e. The van der Waals surface area contributed by atoms with Crippen LogP contribution in [0.1, 0.15) is 33.2 Å². The van der Waals surface area contributed by atoms with Crippen LogP contribution in [0.4, 0.5) is 13.2 Å². The van der Waals surface area contributed by atoms with Gasteiger partial charge in [0.1, 0.15) is 16.5 Å². The van der Waals surface area contributed by atoms with Crippen molar-refractivity contribution in [3.63, 3.8) is 0 Å². The molecule has 2 aromatic heterocycles. The molecule has 0 bridgehead atoms. The number of hydrogen-bond donors (Lipinski definition) is 1. The lowest BCUT2D eigenvalue weighted by molar-refractivity contribution is -0.138. The highest BCUT2D eigenvalue weighted by Gasteiger charge is 2.41. The van der Waals surface area contributed by atoms with E-state index >= 15 is 0 Å². The van der Waals surface area contributed by atoms with Gasteiger partial charge in [-0.05, 0) is 37.1 Å². The van der Waals surface area contributed by atoms with E-state index in [1.54, 1.807) is 0 Å². The maximum absolute atomic E-state index is 13.7. The van der Waals surface area contributed by atoms with Gasteiger partial charge in [-0.1, -0.05) is 18.2 Å². The molecule has 1 atom stereocenters. The molecular formula is C20H14F3N3OS. The Balaban J connectivity index is 2.07. The third-order valence-electron chi connectivity index (χ3n) is 4.69. The molecule has 3 heterocycles. The fourth-order valence-corrected chi connectivity index (χ4v) is 4.93. The summed E-state index contributed by atoms with van der Waals surface area (Å²) in [5, 5.41) is 10.3. The van der Waals surface area contributed by atoms with Crippen molar-refractivity contribution in [1.82, 2.24) is 4.98 Å². The Kier molecular flexibility index (Phi) is 4.08. The predicted octanol–water partition coefficient (Wildman–Crippen LogP) is 5.15. The molecule has 0 saturated carbocycles. The first kappa shape index (κ1) is 18.3. The summed E-state index contributed by atoms with van der Waals surface area (Å²) in [7, 11) is 0. The molecule has 8 heteroatoms. The van der Waals surface area contributed by atoms with Gasteiger partial charge in [-0.25, -0.2) is 4.98 Å². The Morgan fingerprint density at radius 1 is 1.25 bits per heavy atom. The van der Waals surface area contributed by atoms with Crippen LogP contribution in [0.3, 0.4) is 0 Å². The van der Waals surface area contributed by atoms with Gasteiger partial charge in [0.05, 0.1) is 21.7 Å². The largest absolute Gasteiger partial charge is 0.439 e. The molecule has 0 radical (unpaired) electrons. The van der Waals surface area contributed by atoms with Crippen molar-refractivity contribution in [1.29, 1.82) is 5.26 Å². The number of pyridine rings is 1. The third kappa shape index (κ3) is 2.70. The van der Waals surface area contributed by atoms with Crippen LogP contribution in [0.15, 0.2) is 41.8 Å². The van der Waals surface area contributed by atoms with Gasteiger partial charge < -0.3 is 10.5 Å². The fraction of sp³-hybridized carbons (Fsp3) is 0.200. The van der Waals surface area contributed by atoms with E-state index < -0.39 is 17.7 Å². The molecule has 0 aliphatic carbocycles. The summed E-state index contributed by atoms with van der Waals surface area (Å²) in [6.07, 6.45) is -4.56. The van der Waals surface area contributed by atoms with Crippen molar-refractivity contribution >= 4 is 21.6 Å². The molecule has 4 rings (SSSR count). The summed E-state index contributed by atoms with van der Waals surface area (Å²) >= 11 is 1.23. The van der Waals surface area contributed by atoms with E-state index in [0.29, 0.717) is 20.8 Å². The SMILES string of the molecule is Cc1cc(C)c2c3c(sc2n1)C(c1ccccc1C(F)(F)F)C(C#N)=C(N)O3. The lowest BCUT2D eigenvalue weighted by Gasteiger charge is -2.26. The van der Waals surface area contributed by atoms with E-state index in [-0.39, 0.29) is 17.0 Å². The summed E-state index contributed by atoms with van der Waals surface area (Å²) < 4.78 is 46.7. The second kappa shape index (κ2) is 6.24. The molecule has 1 aliphatic heterocycles. The van der Waals surface area contributed by atoms with Gasteiger partial charge in [0.25, 0.3) is 0 Å². The average Bonchev–Trinajstić information content (AvgIpc) is 2.97. The third-order valence-corrected chi connectivity index (χ3v) is 5.82. The first-order chi connectivity index (χ1) is 13.2. The molecule has 0 spiro atoms. The number of fused-ring (bicyclic) bond motifs is 3. The Morgan fingerprint density at radius 3 is 2.64 bits per heavy atom. The van der Waals surface area contributed by atoms with Crippen LogP contribution in [-0.2, 0) is 6.18 Å². The maximum Gasteiger partial charge on any atom is 0.416 e. The number of alkyl halides is 3. The van der Waals surface area contributed by atoms with Gasteiger partial charge in [0.2, 0.25) is 5.88 Å². The summed E-state index contributed by atoms with van der Waals surface area (Å²) in [5.41, 5.74) is 6.77. The first-order valence-corrected chi connectivity index (χ1v) is 9.18. The van der Waals surface area contributed by atoms with Crippen molar-refractivity contribution < 1.29 is 17.9 Å². The zero-order chi connectivity index (χ0) is 20.2. The number of thiophene rings is 1. The van der Waals surface area contributed by atoms with E-state index in [1.165, 1.54) is 29.5 Å². The molecule has 28 heavy (non-hydrogen) atoms. The molecule has 4 nitrogen and oxygen atoms in total. The van der Waals surface area contributed by atoms with Crippen LogP contribution in [0.5, 0.6) is 5.75 Å². The van der Waals surface area contributed by atoms with Crippen LogP contribution < -0.4 is 10.5 Å². The minimum absolute atomic E-state index is 0.0278. The van der Waals surface area contributed by atoms with Crippen molar-refractivity contribution in [2.24, 2.45) is 5.73 Å². The standard InChI is InChI=1S/C20H14F3N3OS/c1-9-7-10(2)26-19-14(9)16-17(28-19)15(12(8-24)18(25)27-16)11-5-3-4-6-13(11)20(21,22)23/h3-7,15H,25H2,1-2H3. The number of hydrogen-bond acceptors (Lipinski definition) is 5. The molecule has 1 unspecified atom stereocenters. The number of benzene rings is 1. The Hall–Kier alpha value is -3.05. The molecule has 0 amide bonds. The summed E-state index contributed by atoms with van der Waals surface area (Å²) in [4.78, 5) is 5.63. The number of nitrogens with zero attached hydrogens (tertiary/aromatic N) is 2. The van der Waals surface area contributed by atoms with Crippen LogP contribution in [-0.4, -0.2) is 4.98 Å². The molecule has 142 valence electrons. The lowest BCUT2D eigenvalue weighted by atomic mass is 9.85. The number of nitrogens with two attached hydrogens (primary N) is 1. The predicted molar refractivity (Wildman–Crippen MR) is 99.8 cm³/mol. The normalized spacial score (nSPS) is 16.6. The highest BCUT2D eigenvalue weighted by Crippen LogP contribution is 2.52. The number of ether oxygens (including phenoxy) is 1. The Labute approximate surface area is 162 Å². The number of rotatable bonds is 1. The summed E-state index contributed by atoms with van der Waals surface area (Å²) in [6, 6.07) is 9.05. The van der Waals surface area contributed by atoms with Gasteiger partial charge in [-0.2, -0.15) is 18.4 Å². The van der Waals surface area contributed by atoms with Crippen LogP contribution in [0.2, 0.25) is 0 Å². The zero-order valence-corrected chi connectivity index (χ0v) is 15.7. The Bertz CT molecular complexity index is 1190. The van der Waals surface area contributed by atoms with E-state index in [9.17, 15) is 18.4 Å². The summed E-state index contributed by atoms with van der Waals surface area (Å²) in [5.74, 6) is -0.773. The van der Waals surface area contributed by atoms with E-state index in [4.69, 9.17) is 10.5 Å². The number of nitriles is 1. The van der Waals surface area contributed by atoms with E-state index in [0.717, 1.165) is 17.3 Å². The van der Waals surface area contributed by atoms with Gasteiger partial charge in [-0.3, -0.25) is 0 Å². The van der Waals surface area contributed by atoms with Gasteiger partial charge in [-0.15, -0.1) is 11.3 Å². The van der Waals surface area contributed by atoms with E-state index in [1.807, 2.05) is 26.0 Å². The van der Waals surface area contributed by atoms with Crippen LogP contribution in [0.25, 0.3) is 10.2 Å². The minimum Gasteiger partial charge on any atom is -0.439 e. The molecule has 1 aliphatic rings. The van der Waals surface area contributed by atoms with Gasteiger partial charge >= 0.3 is 6.18 Å². The van der Waals surface area contributed by atoms with Crippen molar-refractivity contribution in [2.75, 3.05) is 0 Å². The highest BCUT2D eigenvalue weighted by atomic mass is 32.1. The molecular weight excluding hydrogens is 387 g/mol. The molecule has 1 aromatic carbocycles. The second-order valence-electron chi connectivity index (χ2n) is 6.57. The maximum atomic E-state index is 13.7. The lowest BCUT2D eigenvalue weighted by Crippen LogP contribution is -2.22. The highest BCUT2D eigenvalue weighted by molar-refractivity contribution is 7.19. The quantitative estimate of drug-likeness (QED) is 0.612. The van der Waals surface area contributed by atoms with Crippen LogP contribution in [0, 0.1) is 25.2 Å². The number of halogens is 3. The second-order valence-corrected chi connectivity index (χ2v) is 7.60. The van der Waals surface area contributed by atoms with Crippen molar-refractivity contribution in [2.45, 2.75) is 25.9 Å². The Morgan fingerprint density at radius 2 is 1.96 bits per heavy atom. The molecule has 0 fully saturated rings. The van der Waals surface area contributed by atoms with E-state index in [2.05, 4.69) is 4.98 Å². The van der Waals surface area contributed by atoms with Crippen LogP contribution >= 0.6 is 11.3 Å². The first-order valence-electron chi connectivity index (χ1n) is 8.36. The minimum atomic E-state index is -4.56. The molecule has 0 saturated heterocycles. The monoisotopic (exact) mass is 401 g/mol. The molecule has 3 aromatic rings. The van der Waals surface area contributed by atoms with Crippen molar-refractivity contribution in [3.05, 3.63) is 69.0 Å². The fourth-order valence-electron chi connectivity index (χ4n) is 3.58. The average molecular weight is 401 g/mol. The number of aryl methyl sites for hydroxylation is 2. The van der Waals surface area contributed by atoms with Gasteiger partial charge in [0, 0.05) is 5.69 Å².